The molecule has 1 aromatic carbocycles. The van der Waals surface area contributed by atoms with Crippen molar-refractivity contribution in [3.63, 3.8) is 0 Å². The number of nitrogens with one attached hydrogen (secondary N) is 1. The summed E-state index contributed by atoms with van der Waals surface area (Å²) in [4.78, 5) is 26.7. The molecule has 0 aliphatic heterocycles. The van der Waals surface area contributed by atoms with Crippen LogP contribution in [0.15, 0.2) is 63.9 Å². The average molecular weight is 369 g/mol. The Morgan fingerprint density at radius 1 is 1.22 bits per heavy atom. The molecule has 9 heteroatoms. The van der Waals surface area contributed by atoms with E-state index in [1.165, 1.54) is 24.4 Å². The fourth-order valence-corrected chi connectivity index (χ4v) is 2.53. The molecule has 138 valence electrons. The zero-order chi connectivity index (χ0) is 19.4. The molecule has 0 bridgehead atoms. The van der Waals surface area contributed by atoms with E-state index < -0.39 is 28.8 Å². The number of benzene rings is 1. The van der Waals surface area contributed by atoms with E-state index in [2.05, 4.69) is 10.3 Å². The van der Waals surface area contributed by atoms with Crippen LogP contribution in [0.2, 0.25) is 0 Å². The van der Waals surface area contributed by atoms with E-state index in [1.807, 2.05) is 0 Å². The number of pyridine rings is 1. The molecule has 27 heavy (non-hydrogen) atoms. The second-order valence-corrected chi connectivity index (χ2v) is 5.59. The molecule has 3 rings (SSSR count). The van der Waals surface area contributed by atoms with Crippen LogP contribution in [0.25, 0.3) is 0 Å². The Hall–Kier alpha value is -3.72. The molecular weight excluding hydrogens is 354 g/mol. The van der Waals surface area contributed by atoms with Crippen molar-refractivity contribution in [2.75, 3.05) is 5.32 Å². The summed E-state index contributed by atoms with van der Waals surface area (Å²) in [7, 11) is 0. The summed E-state index contributed by atoms with van der Waals surface area (Å²) in [5, 5.41) is 33.5. The van der Waals surface area contributed by atoms with Crippen molar-refractivity contribution in [1.29, 1.82) is 0 Å². The molecule has 0 aliphatic rings. The first-order chi connectivity index (χ1) is 13.0. The largest absolute Gasteiger partial charge is 0.502 e. The third-order valence-corrected chi connectivity index (χ3v) is 3.77. The third kappa shape index (κ3) is 3.93. The molecule has 1 atom stereocenters. The van der Waals surface area contributed by atoms with Gasteiger partial charge in [-0.05, 0) is 18.2 Å². The fourth-order valence-electron chi connectivity index (χ4n) is 2.53. The molecule has 3 aromatic rings. The SMILES string of the molecule is O=c1cc(CO)oc([C@H](Nc2cccc([N+](=O)[O-])c2)c2ccccn2)c1O. The summed E-state index contributed by atoms with van der Waals surface area (Å²) >= 11 is 0. The van der Waals surface area contributed by atoms with Crippen molar-refractivity contribution in [2.45, 2.75) is 12.6 Å². The number of hydrogen-bond donors (Lipinski definition) is 3. The molecular formula is C18H15N3O6. The van der Waals surface area contributed by atoms with Crippen molar-refractivity contribution >= 4 is 11.4 Å². The number of nitro benzene ring substituents is 1. The van der Waals surface area contributed by atoms with Gasteiger partial charge in [0.1, 0.15) is 18.4 Å². The van der Waals surface area contributed by atoms with Gasteiger partial charge in [-0.1, -0.05) is 12.1 Å². The summed E-state index contributed by atoms with van der Waals surface area (Å²) in [6, 6.07) is 10.8. The fraction of sp³-hybridized carbons (Fsp3) is 0.111. The Bertz CT molecular complexity index is 1020. The predicted molar refractivity (Wildman–Crippen MR) is 95.4 cm³/mol. The second-order valence-electron chi connectivity index (χ2n) is 5.59. The number of aromatic nitrogens is 1. The van der Waals surface area contributed by atoms with Gasteiger partial charge < -0.3 is 19.9 Å². The highest BCUT2D eigenvalue weighted by atomic mass is 16.6. The number of aliphatic hydroxyl groups excluding tert-OH is 1. The summed E-state index contributed by atoms with van der Waals surface area (Å²) in [6.45, 7) is -0.533. The molecule has 0 unspecified atom stereocenters. The van der Waals surface area contributed by atoms with Gasteiger partial charge >= 0.3 is 0 Å². The highest BCUT2D eigenvalue weighted by Gasteiger charge is 2.25. The van der Waals surface area contributed by atoms with E-state index >= 15 is 0 Å². The zero-order valence-corrected chi connectivity index (χ0v) is 13.9. The van der Waals surface area contributed by atoms with E-state index in [4.69, 9.17) is 4.42 Å². The highest BCUT2D eigenvalue weighted by Crippen LogP contribution is 2.31. The van der Waals surface area contributed by atoms with Crippen molar-refractivity contribution in [3.8, 4) is 5.75 Å². The van der Waals surface area contributed by atoms with Gasteiger partial charge in [-0.15, -0.1) is 0 Å². The number of aromatic hydroxyl groups is 1. The monoisotopic (exact) mass is 369 g/mol. The van der Waals surface area contributed by atoms with Gasteiger partial charge in [0.2, 0.25) is 11.2 Å². The maximum Gasteiger partial charge on any atom is 0.271 e. The van der Waals surface area contributed by atoms with Gasteiger partial charge in [-0.2, -0.15) is 0 Å². The predicted octanol–water partition coefficient (Wildman–Crippen LogP) is 2.34. The van der Waals surface area contributed by atoms with Gasteiger partial charge in [-0.3, -0.25) is 19.9 Å². The molecule has 0 saturated heterocycles. The molecule has 0 amide bonds. The maximum atomic E-state index is 12.0. The first kappa shape index (κ1) is 18.1. The Kier molecular flexibility index (Phi) is 5.13. The molecule has 0 radical (unpaired) electrons. The number of nitro groups is 1. The quantitative estimate of drug-likeness (QED) is 0.444. The first-order valence-electron chi connectivity index (χ1n) is 7.88. The summed E-state index contributed by atoms with van der Waals surface area (Å²) < 4.78 is 5.47. The molecule has 0 saturated carbocycles. The van der Waals surface area contributed by atoms with Crippen molar-refractivity contribution < 1.29 is 19.6 Å². The topological polar surface area (TPSA) is 139 Å². The normalized spacial score (nSPS) is 11.7. The minimum absolute atomic E-state index is 0.0328. The summed E-state index contributed by atoms with van der Waals surface area (Å²) in [5.74, 6) is -0.827. The summed E-state index contributed by atoms with van der Waals surface area (Å²) in [5.41, 5.74) is -0.0922. The van der Waals surface area contributed by atoms with Crippen LogP contribution in [0.5, 0.6) is 5.75 Å². The van der Waals surface area contributed by atoms with Crippen molar-refractivity contribution in [1.82, 2.24) is 4.98 Å². The van der Waals surface area contributed by atoms with Gasteiger partial charge in [0, 0.05) is 30.1 Å². The van der Waals surface area contributed by atoms with Crippen molar-refractivity contribution in [3.05, 3.63) is 92.3 Å². The standard InChI is InChI=1S/C18H15N3O6/c22-10-13-9-15(23)17(24)18(27-13)16(14-6-1-2-7-19-14)20-11-4-3-5-12(8-11)21(25)26/h1-9,16,20,22,24H,10H2/t16-/m1/s1. The van der Waals surface area contributed by atoms with E-state index in [9.17, 15) is 25.1 Å². The van der Waals surface area contributed by atoms with Crippen LogP contribution >= 0.6 is 0 Å². The first-order valence-corrected chi connectivity index (χ1v) is 7.88. The molecule has 0 aliphatic carbocycles. The van der Waals surface area contributed by atoms with Crippen LogP contribution in [0, 0.1) is 10.1 Å². The van der Waals surface area contributed by atoms with Crippen LogP contribution in [0.1, 0.15) is 23.3 Å². The molecule has 2 aromatic heterocycles. The lowest BCUT2D eigenvalue weighted by molar-refractivity contribution is -0.384. The van der Waals surface area contributed by atoms with E-state index in [1.54, 1.807) is 24.3 Å². The summed E-state index contributed by atoms with van der Waals surface area (Å²) in [6.07, 6.45) is 1.52. The minimum Gasteiger partial charge on any atom is -0.502 e. The van der Waals surface area contributed by atoms with Gasteiger partial charge in [0.05, 0.1) is 10.6 Å². The molecule has 9 nitrogen and oxygen atoms in total. The minimum atomic E-state index is -0.924. The number of aliphatic hydroxyl groups is 1. The number of rotatable bonds is 6. The van der Waals surface area contributed by atoms with E-state index in [-0.39, 0.29) is 17.2 Å². The number of nitrogens with zero attached hydrogens (tertiary/aromatic N) is 2. The lowest BCUT2D eigenvalue weighted by Crippen LogP contribution is -2.17. The van der Waals surface area contributed by atoms with Crippen LogP contribution in [-0.4, -0.2) is 20.1 Å². The Labute approximate surface area is 152 Å². The van der Waals surface area contributed by atoms with Gasteiger partial charge in [0.25, 0.3) is 5.69 Å². The second kappa shape index (κ2) is 7.67. The zero-order valence-electron chi connectivity index (χ0n) is 13.9. The third-order valence-electron chi connectivity index (χ3n) is 3.77. The van der Waals surface area contributed by atoms with Crippen LogP contribution in [0.4, 0.5) is 11.4 Å². The van der Waals surface area contributed by atoms with Crippen LogP contribution in [-0.2, 0) is 6.61 Å². The highest BCUT2D eigenvalue weighted by molar-refractivity contribution is 5.54. The molecule has 0 fully saturated rings. The van der Waals surface area contributed by atoms with Crippen LogP contribution < -0.4 is 10.7 Å². The average Bonchev–Trinajstić information content (AvgIpc) is 2.69. The Morgan fingerprint density at radius 2 is 2.04 bits per heavy atom. The smallest absolute Gasteiger partial charge is 0.271 e. The van der Waals surface area contributed by atoms with E-state index in [0.29, 0.717) is 11.4 Å². The van der Waals surface area contributed by atoms with Crippen molar-refractivity contribution in [2.24, 2.45) is 0 Å². The Morgan fingerprint density at radius 3 is 2.70 bits per heavy atom. The van der Waals surface area contributed by atoms with E-state index in [0.717, 1.165) is 6.07 Å². The Balaban J connectivity index is 2.11. The molecule has 0 spiro atoms. The number of non-ortho nitro benzene ring substituents is 1. The lowest BCUT2D eigenvalue weighted by atomic mass is 10.1. The number of hydrogen-bond acceptors (Lipinski definition) is 8. The lowest BCUT2D eigenvalue weighted by Gasteiger charge is -2.19. The van der Waals surface area contributed by atoms with Crippen LogP contribution in [0.3, 0.4) is 0 Å². The molecule has 3 N–H and O–H groups in total. The van der Waals surface area contributed by atoms with Gasteiger partial charge in [-0.25, -0.2) is 0 Å². The van der Waals surface area contributed by atoms with Gasteiger partial charge in [0.15, 0.2) is 5.76 Å². The molecule has 2 heterocycles. The number of anilines is 1. The maximum absolute atomic E-state index is 12.0.